The molecule has 1 fully saturated rings. The van der Waals surface area contributed by atoms with Crippen LogP contribution in [0.1, 0.15) is 16.8 Å². The van der Waals surface area contributed by atoms with Gasteiger partial charge in [-0.15, -0.1) is 0 Å². The minimum atomic E-state index is -4.10. The third kappa shape index (κ3) is 3.63. The van der Waals surface area contributed by atoms with E-state index in [2.05, 4.69) is 0 Å². The molecule has 9 heteroatoms. The van der Waals surface area contributed by atoms with E-state index in [1.807, 2.05) is 0 Å². The van der Waals surface area contributed by atoms with Crippen LogP contribution in [0.4, 0.5) is 0 Å². The van der Waals surface area contributed by atoms with Crippen LogP contribution in [-0.4, -0.2) is 45.5 Å². The number of rotatable bonds is 3. The maximum absolute atomic E-state index is 12.4. The van der Waals surface area contributed by atoms with Gasteiger partial charge in [-0.3, -0.25) is 4.79 Å². The van der Waals surface area contributed by atoms with Gasteiger partial charge in [-0.05, 0) is 18.6 Å². The number of carbonyl (C=O) groups is 1. The van der Waals surface area contributed by atoms with Gasteiger partial charge in [0.1, 0.15) is 4.90 Å². The highest BCUT2D eigenvalue weighted by Gasteiger charge is 2.27. The first-order chi connectivity index (χ1) is 9.71. The van der Waals surface area contributed by atoms with Crippen molar-refractivity contribution in [2.45, 2.75) is 17.4 Å². The van der Waals surface area contributed by atoms with Crippen molar-refractivity contribution < 1.29 is 17.9 Å². The standard InChI is InChI=1S/C12H12Cl3NO4S/c1-16(8-2-3-20-6-8)12(17)7-4-9(13)11(14)10(5-7)21(15,18)19/h4-5,8H,2-3,6H2,1H3. The second-order valence-corrected chi connectivity index (χ2v) is 7.96. The molecule has 0 spiro atoms. The maximum atomic E-state index is 12.4. The van der Waals surface area contributed by atoms with Crippen molar-refractivity contribution in [3.05, 3.63) is 27.7 Å². The first kappa shape index (κ1) is 16.8. The summed E-state index contributed by atoms with van der Waals surface area (Å²) in [6.45, 7) is 1.04. The zero-order valence-electron chi connectivity index (χ0n) is 11.0. The molecule has 1 aliphatic heterocycles. The van der Waals surface area contributed by atoms with Crippen molar-refractivity contribution in [2.75, 3.05) is 20.3 Å². The molecule has 21 heavy (non-hydrogen) atoms. The third-order valence-electron chi connectivity index (χ3n) is 3.28. The normalized spacial score (nSPS) is 18.8. The number of hydrogen-bond acceptors (Lipinski definition) is 4. The van der Waals surface area contributed by atoms with Crippen LogP contribution < -0.4 is 0 Å². The molecule has 2 rings (SSSR count). The van der Waals surface area contributed by atoms with E-state index in [4.69, 9.17) is 38.6 Å². The Morgan fingerprint density at radius 2 is 2.05 bits per heavy atom. The number of carbonyl (C=O) groups excluding carboxylic acids is 1. The highest BCUT2D eigenvalue weighted by Crippen LogP contribution is 2.33. The molecule has 1 heterocycles. The second kappa shape index (κ2) is 6.30. The van der Waals surface area contributed by atoms with Crippen molar-refractivity contribution in [3.8, 4) is 0 Å². The predicted octanol–water partition coefficient (Wildman–Crippen LogP) is 2.78. The van der Waals surface area contributed by atoms with Gasteiger partial charge in [0.05, 0.1) is 22.7 Å². The fraction of sp³-hybridized carbons (Fsp3) is 0.417. The van der Waals surface area contributed by atoms with Gasteiger partial charge in [-0.25, -0.2) is 8.42 Å². The lowest BCUT2D eigenvalue weighted by Crippen LogP contribution is -2.37. The molecule has 0 bridgehead atoms. The molecule has 1 aromatic carbocycles. The van der Waals surface area contributed by atoms with E-state index in [9.17, 15) is 13.2 Å². The molecule has 1 aromatic rings. The van der Waals surface area contributed by atoms with Crippen LogP contribution in [0, 0.1) is 0 Å². The van der Waals surface area contributed by atoms with Gasteiger partial charge >= 0.3 is 0 Å². The van der Waals surface area contributed by atoms with Crippen LogP contribution in [0.5, 0.6) is 0 Å². The summed E-state index contributed by atoms with van der Waals surface area (Å²) in [6, 6.07) is 2.40. The van der Waals surface area contributed by atoms with Gasteiger partial charge in [0.25, 0.3) is 15.0 Å². The van der Waals surface area contributed by atoms with Crippen LogP contribution in [-0.2, 0) is 13.8 Å². The molecule has 1 aliphatic rings. The summed E-state index contributed by atoms with van der Waals surface area (Å²) in [4.78, 5) is 13.5. The van der Waals surface area contributed by atoms with Crippen molar-refractivity contribution in [2.24, 2.45) is 0 Å². The summed E-state index contributed by atoms with van der Waals surface area (Å²) in [5.74, 6) is -0.370. The van der Waals surface area contributed by atoms with Crippen molar-refractivity contribution in [1.82, 2.24) is 4.90 Å². The van der Waals surface area contributed by atoms with E-state index in [0.29, 0.717) is 13.2 Å². The highest BCUT2D eigenvalue weighted by molar-refractivity contribution is 8.13. The Morgan fingerprint density at radius 3 is 2.57 bits per heavy atom. The lowest BCUT2D eigenvalue weighted by molar-refractivity contribution is 0.0711. The summed E-state index contributed by atoms with van der Waals surface area (Å²) in [6.07, 6.45) is 0.726. The quantitative estimate of drug-likeness (QED) is 0.765. The van der Waals surface area contributed by atoms with E-state index in [0.717, 1.165) is 12.5 Å². The minimum Gasteiger partial charge on any atom is -0.379 e. The van der Waals surface area contributed by atoms with Crippen LogP contribution in [0.25, 0.3) is 0 Å². The summed E-state index contributed by atoms with van der Waals surface area (Å²) in [5, 5.41) is -0.243. The van der Waals surface area contributed by atoms with E-state index in [-0.39, 0.29) is 32.5 Å². The molecule has 116 valence electrons. The van der Waals surface area contributed by atoms with Crippen molar-refractivity contribution >= 4 is 48.8 Å². The van der Waals surface area contributed by atoms with Crippen LogP contribution in [0.2, 0.25) is 10.0 Å². The third-order valence-corrected chi connectivity index (χ3v) is 5.54. The molecule has 1 amide bonds. The monoisotopic (exact) mass is 371 g/mol. The number of amides is 1. The predicted molar refractivity (Wildman–Crippen MR) is 80.8 cm³/mol. The lowest BCUT2D eigenvalue weighted by atomic mass is 10.1. The first-order valence-electron chi connectivity index (χ1n) is 6.00. The van der Waals surface area contributed by atoms with E-state index < -0.39 is 9.05 Å². The van der Waals surface area contributed by atoms with Crippen LogP contribution in [0.15, 0.2) is 17.0 Å². The topological polar surface area (TPSA) is 63.7 Å². The lowest BCUT2D eigenvalue weighted by Gasteiger charge is -2.23. The van der Waals surface area contributed by atoms with Gasteiger partial charge < -0.3 is 9.64 Å². The molecule has 0 aliphatic carbocycles. The number of nitrogens with zero attached hydrogens (tertiary/aromatic N) is 1. The molecule has 0 radical (unpaired) electrons. The minimum absolute atomic E-state index is 0.0437. The summed E-state index contributed by atoms with van der Waals surface area (Å²) in [7, 11) is 2.83. The van der Waals surface area contributed by atoms with Gasteiger partial charge in [-0.2, -0.15) is 0 Å². The molecule has 0 N–H and O–H groups in total. The van der Waals surface area contributed by atoms with Gasteiger partial charge in [0.2, 0.25) is 0 Å². The Balaban J connectivity index is 2.40. The van der Waals surface area contributed by atoms with Crippen molar-refractivity contribution in [3.63, 3.8) is 0 Å². The molecule has 0 saturated carbocycles. The largest absolute Gasteiger partial charge is 0.379 e. The smallest absolute Gasteiger partial charge is 0.262 e. The molecular weight excluding hydrogens is 361 g/mol. The van der Waals surface area contributed by atoms with Crippen LogP contribution in [0.3, 0.4) is 0 Å². The Bertz CT molecular complexity index is 671. The second-order valence-electron chi connectivity index (χ2n) is 4.64. The average Bonchev–Trinajstić information content (AvgIpc) is 2.92. The fourth-order valence-corrected chi connectivity index (χ4v) is 3.83. The molecule has 1 atom stereocenters. The number of benzene rings is 1. The SMILES string of the molecule is CN(C(=O)c1cc(Cl)c(Cl)c(S(=O)(=O)Cl)c1)C1CCOC1. The Labute approximate surface area is 137 Å². The summed E-state index contributed by atoms with van der Waals surface area (Å²) < 4.78 is 28.2. The number of likely N-dealkylation sites (N-methyl/N-ethyl adjacent to an activating group) is 1. The van der Waals surface area contributed by atoms with E-state index >= 15 is 0 Å². The first-order valence-corrected chi connectivity index (χ1v) is 9.07. The average molecular weight is 373 g/mol. The molecule has 1 unspecified atom stereocenters. The van der Waals surface area contributed by atoms with Crippen LogP contribution >= 0.6 is 33.9 Å². The van der Waals surface area contributed by atoms with Crippen molar-refractivity contribution in [1.29, 1.82) is 0 Å². The Morgan fingerprint density at radius 1 is 1.38 bits per heavy atom. The molecule has 1 saturated heterocycles. The number of ether oxygens (including phenoxy) is 1. The number of halogens is 3. The molecule has 0 aromatic heterocycles. The zero-order chi connectivity index (χ0) is 15.8. The summed E-state index contributed by atoms with van der Waals surface area (Å²) in [5.41, 5.74) is 0.109. The Kier molecular flexibility index (Phi) is 5.05. The fourth-order valence-electron chi connectivity index (χ4n) is 2.06. The van der Waals surface area contributed by atoms with E-state index in [1.54, 1.807) is 7.05 Å². The number of hydrogen-bond donors (Lipinski definition) is 0. The van der Waals surface area contributed by atoms with E-state index in [1.165, 1.54) is 11.0 Å². The molecule has 5 nitrogen and oxygen atoms in total. The zero-order valence-corrected chi connectivity index (χ0v) is 14.1. The maximum Gasteiger partial charge on any atom is 0.262 e. The molecular formula is C12H12Cl3NO4S. The van der Waals surface area contributed by atoms with Gasteiger partial charge in [0.15, 0.2) is 0 Å². The summed E-state index contributed by atoms with van der Waals surface area (Å²) >= 11 is 11.7. The highest BCUT2D eigenvalue weighted by atomic mass is 35.7. The van der Waals surface area contributed by atoms with Gasteiger partial charge in [-0.1, -0.05) is 23.2 Å². The van der Waals surface area contributed by atoms with Gasteiger partial charge in [0, 0.05) is 29.9 Å². The Hall–Kier alpha value is -0.530.